The molecule has 1 fully saturated rings. The molecule has 1 unspecified atom stereocenters. The molecule has 1 atom stereocenters. The van der Waals surface area contributed by atoms with Crippen LogP contribution in [0.25, 0.3) is 0 Å². The molecule has 84 valence electrons. The van der Waals surface area contributed by atoms with E-state index >= 15 is 0 Å². The van der Waals surface area contributed by atoms with Crippen molar-refractivity contribution in [3.8, 4) is 0 Å². The molecular formula is C10H17N3S2. The van der Waals surface area contributed by atoms with Gasteiger partial charge in [0.2, 0.25) is 5.13 Å². The average Bonchev–Trinajstić information content (AvgIpc) is 2.67. The first-order valence-electron chi connectivity index (χ1n) is 5.47. The minimum absolute atomic E-state index is 0.435. The third-order valence-corrected chi connectivity index (χ3v) is 4.36. The molecule has 5 heteroatoms. The zero-order valence-electron chi connectivity index (χ0n) is 9.19. The molecule has 1 aliphatic heterocycles. The Bertz CT molecular complexity index is 305. The van der Waals surface area contributed by atoms with Crippen molar-refractivity contribution in [3.05, 3.63) is 5.82 Å². The Hall–Kier alpha value is -0.290. The fraction of sp³-hybridized carbons (Fsp3) is 0.800. The lowest BCUT2D eigenvalue weighted by atomic mass is 10.2. The van der Waals surface area contributed by atoms with Gasteiger partial charge in [-0.05, 0) is 32.4 Å². The summed E-state index contributed by atoms with van der Waals surface area (Å²) >= 11 is 3.49. The molecule has 0 spiro atoms. The maximum absolute atomic E-state index is 4.55. The molecule has 15 heavy (non-hydrogen) atoms. The van der Waals surface area contributed by atoms with Crippen LogP contribution in [0, 0.1) is 0 Å². The largest absolute Gasteiger partial charge is 0.358 e. The van der Waals surface area contributed by atoms with Crippen molar-refractivity contribution < 1.29 is 0 Å². The molecule has 0 aromatic carbocycles. The van der Waals surface area contributed by atoms with Crippen LogP contribution in [0.4, 0.5) is 5.13 Å². The monoisotopic (exact) mass is 243 g/mol. The van der Waals surface area contributed by atoms with Crippen molar-refractivity contribution in [2.24, 2.45) is 0 Å². The molecule has 1 aromatic rings. The number of nitrogens with one attached hydrogen (secondary N) is 1. The van der Waals surface area contributed by atoms with Crippen LogP contribution in [0.1, 0.15) is 44.2 Å². The third-order valence-electron chi connectivity index (χ3n) is 2.32. The molecule has 1 N–H and O–H groups in total. The van der Waals surface area contributed by atoms with Crippen molar-refractivity contribution >= 4 is 28.4 Å². The van der Waals surface area contributed by atoms with Gasteiger partial charge in [0.1, 0.15) is 0 Å². The average molecular weight is 243 g/mol. The number of rotatable bonds is 3. The number of aromatic nitrogens is 2. The number of anilines is 1. The van der Waals surface area contributed by atoms with E-state index in [1.165, 1.54) is 36.5 Å². The zero-order chi connectivity index (χ0) is 10.7. The molecule has 2 rings (SSSR count). The smallest absolute Gasteiger partial charge is 0.202 e. The fourth-order valence-corrected chi connectivity index (χ4v) is 3.70. The lowest BCUT2D eigenvalue weighted by Crippen LogP contribution is -2.09. The van der Waals surface area contributed by atoms with Gasteiger partial charge in [-0.3, -0.25) is 0 Å². The molecule has 3 nitrogen and oxygen atoms in total. The van der Waals surface area contributed by atoms with Crippen molar-refractivity contribution in [3.63, 3.8) is 0 Å². The Balaban J connectivity index is 1.99. The zero-order valence-corrected chi connectivity index (χ0v) is 10.8. The maximum atomic E-state index is 4.55. The fourth-order valence-electron chi connectivity index (χ4n) is 1.62. The summed E-state index contributed by atoms with van der Waals surface area (Å²) in [6.07, 6.45) is 3.91. The number of thioether (sulfide) groups is 1. The first-order chi connectivity index (χ1) is 7.25. The molecule has 0 saturated carbocycles. The minimum atomic E-state index is 0.435. The van der Waals surface area contributed by atoms with Gasteiger partial charge in [0.25, 0.3) is 0 Å². The van der Waals surface area contributed by atoms with Gasteiger partial charge in [0.05, 0.1) is 5.25 Å². The highest BCUT2D eigenvalue weighted by Crippen LogP contribution is 2.37. The highest BCUT2D eigenvalue weighted by Gasteiger charge is 2.20. The minimum Gasteiger partial charge on any atom is -0.358 e. The van der Waals surface area contributed by atoms with Gasteiger partial charge in [-0.1, -0.05) is 6.42 Å². The topological polar surface area (TPSA) is 37.8 Å². The van der Waals surface area contributed by atoms with Gasteiger partial charge in [-0.2, -0.15) is 16.1 Å². The quantitative estimate of drug-likeness (QED) is 0.884. The SMILES string of the molecule is CC(C)Nc1nc(C2CCCCS2)ns1. The summed E-state index contributed by atoms with van der Waals surface area (Å²) in [5, 5.41) is 4.80. The highest BCUT2D eigenvalue weighted by molar-refractivity contribution is 7.99. The Morgan fingerprint density at radius 1 is 1.40 bits per heavy atom. The van der Waals surface area contributed by atoms with Crippen molar-refractivity contribution in [2.75, 3.05) is 11.1 Å². The predicted octanol–water partition coefficient (Wildman–Crippen LogP) is 3.32. The lowest BCUT2D eigenvalue weighted by Gasteiger charge is -2.17. The van der Waals surface area contributed by atoms with Crippen LogP contribution >= 0.6 is 23.3 Å². The molecule has 0 amide bonds. The van der Waals surface area contributed by atoms with Gasteiger partial charge in [0, 0.05) is 17.6 Å². The summed E-state index contributed by atoms with van der Waals surface area (Å²) in [4.78, 5) is 4.55. The van der Waals surface area contributed by atoms with E-state index in [0.29, 0.717) is 11.3 Å². The summed E-state index contributed by atoms with van der Waals surface area (Å²) in [5.41, 5.74) is 0. The second kappa shape index (κ2) is 5.16. The van der Waals surface area contributed by atoms with Crippen LogP contribution in [-0.2, 0) is 0 Å². The van der Waals surface area contributed by atoms with E-state index in [-0.39, 0.29) is 0 Å². The van der Waals surface area contributed by atoms with Gasteiger partial charge < -0.3 is 5.32 Å². The summed E-state index contributed by atoms with van der Waals surface area (Å²) in [6, 6.07) is 0.435. The third kappa shape index (κ3) is 3.08. The molecule has 0 radical (unpaired) electrons. The second-order valence-electron chi connectivity index (χ2n) is 4.11. The maximum Gasteiger partial charge on any atom is 0.202 e. The van der Waals surface area contributed by atoms with Crippen molar-refractivity contribution in [1.29, 1.82) is 0 Å². The van der Waals surface area contributed by atoms with E-state index in [1.54, 1.807) is 0 Å². The molecule has 1 aromatic heterocycles. The Morgan fingerprint density at radius 3 is 2.93 bits per heavy atom. The summed E-state index contributed by atoms with van der Waals surface area (Å²) < 4.78 is 4.44. The van der Waals surface area contributed by atoms with E-state index in [4.69, 9.17) is 0 Å². The lowest BCUT2D eigenvalue weighted by molar-refractivity contribution is 0.668. The first-order valence-corrected chi connectivity index (χ1v) is 7.29. The highest BCUT2D eigenvalue weighted by atomic mass is 32.2. The van der Waals surface area contributed by atoms with Gasteiger partial charge in [0.15, 0.2) is 5.82 Å². The summed E-state index contributed by atoms with van der Waals surface area (Å²) in [6.45, 7) is 4.24. The van der Waals surface area contributed by atoms with Gasteiger partial charge in [-0.15, -0.1) is 0 Å². The van der Waals surface area contributed by atoms with Crippen LogP contribution < -0.4 is 5.32 Å². The Labute approximate surface area is 99.2 Å². The standard InChI is InChI=1S/C10H17N3S2/c1-7(2)11-10-12-9(13-15-10)8-5-3-4-6-14-8/h7-8H,3-6H2,1-2H3,(H,11,12,13). The van der Waals surface area contributed by atoms with Gasteiger partial charge in [-0.25, -0.2) is 4.98 Å². The second-order valence-corrected chi connectivity index (χ2v) is 6.17. The van der Waals surface area contributed by atoms with Crippen LogP contribution in [0.3, 0.4) is 0 Å². The van der Waals surface area contributed by atoms with E-state index < -0.39 is 0 Å². The molecular weight excluding hydrogens is 226 g/mol. The van der Waals surface area contributed by atoms with E-state index in [9.17, 15) is 0 Å². The van der Waals surface area contributed by atoms with Crippen LogP contribution in [0.15, 0.2) is 0 Å². The van der Waals surface area contributed by atoms with Crippen LogP contribution in [0.5, 0.6) is 0 Å². The summed E-state index contributed by atoms with van der Waals surface area (Å²) in [7, 11) is 0. The first kappa shape index (κ1) is 11.2. The molecule has 0 bridgehead atoms. The van der Waals surface area contributed by atoms with E-state index in [1.807, 2.05) is 11.8 Å². The molecule has 2 heterocycles. The van der Waals surface area contributed by atoms with Crippen molar-refractivity contribution in [1.82, 2.24) is 9.36 Å². The normalized spacial score (nSPS) is 21.9. The summed E-state index contributed by atoms with van der Waals surface area (Å²) in [5.74, 6) is 2.30. The number of hydrogen-bond acceptors (Lipinski definition) is 5. The predicted molar refractivity (Wildman–Crippen MR) is 67.7 cm³/mol. The molecule has 1 aliphatic rings. The molecule has 0 aliphatic carbocycles. The Morgan fingerprint density at radius 2 is 2.27 bits per heavy atom. The molecule has 1 saturated heterocycles. The van der Waals surface area contributed by atoms with E-state index in [2.05, 4.69) is 28.5 Å². The van der Waals surface area contributed by atoms with Crippen LogP contribution in [-0.4, -0.2) is 21.2 Å². The Kier molecular flexibility index (Phi) is 3.86. The van der Waals surface area contributed by atoms with Crippen LogP contribution in [0.2, 0.25) is 0 Å². The van der Waals surface area contributed by atoms with Gasteiger partial charge >= 0.3 is 0 Å². The number of hydrogen-bond donors (Lipinski definition) is 1. The van der Waals surface area contributed by atoms with E-state index in [0.717, 1.165) is 11.0 Å². The number of nitrogens with zero attached hydrogens (tertiary/aromatic N) is 2. The van der Waals surface area contributed by atoms with Crippen molar-refractivity contribution in [2.45, 2.75) is 44.4 Å².